The summed E-state index contributed by atoms with van der Waals surface area (Å²) in [6.07, 6.45) is 1.75. The zero-order valence-electron chi connectivity index (χ0n) is 18.1. The minimum Gasteiger partial charge on any atom is -0.392 e. The van der Waals surface area contributed by atoms with E-state index in [2.05, 4.69) is 18.7 Å². The van der Waals surface area contributed by atoms with Crippen molar-refractivity contribution < 1.29 is 24.8 Å². The van der Waals surface area contributed by atoms with Gasteiger partial charge in [0.05, 0.1) is 30.0 Å². The van der Waals surface area contributed by atoms with Crippen molar-refractivity contribution in [1.82, 2.24) is 4.90 Å². The summed E-state index contributed by atoms with van der Waals surface area (Å²) in [5.74, 6) is 0.926. The molecule has 3 N–H and O–H groups in total. The molecular formula is C23H37NO5. The molecule has 5 aliphatic carbocycles. The molecule has 7 bridgehead atoms. The van der Waals surface area contributed by atoms with E-state index in [-0.39, 0.29) is 52.6 Å². The lowest BCUT2D eigenvalue weighted by Gasteiger charge is -2.69. The predicted octanol–water partition coefficient (Wildman–Crippen LogP) is 0.876. The Labute approximate surface area is 173 Å². The number of piperidine rings is 1. The zero-order chi connectivity index (χ0) is 20.5. The number of ether oxygens (including phenoxy) is 2. The Bertz CT molecular complexity index is 719. The normalized spacial score (nSPS) is 65.1. The van der Waals surface area contributed by atoms with Crippen LogP contribution in [0.1, 0.15) is 39.5 Å². The molecule has 1 heterocycles. The first-order chi connectivity index (χ1) is 13.8. The van der Waals surface area contributed by atoms with Gasteiger partial charge < -0.3 is 24.8 Å². The van der Waals surface area contributed by atoms with Gasteiger partial charge in [0, 0.05) is 68.2 Å². The Hall–Kier alpha value is -0.240. The monoisotopic (exact) mass is 407 g/mol. The molecule has 0 radical (unpaired) electrons. The topological polar surface area (TPSA) is 82.4 Å². The summed E-state index contributed by atoms with van der Waals surface area (Å²) in [5, 5.41) is 34.3. The number of aliphatic hydroxyl groups excluding tert-OH is 3. The van der Waals surface area contributed by atoms with Gasteiger partial charge in [-0.15, -0.1) is 0 Å². The van der Waals surface area contributed by atoms with E-state index < -0.39 is 23.9 Å². The quantitative estimate of drug-likeness (QED) is 0.644. The standard InChI is InChI=1S/C23H37NO5/c1-5-24-10-21(2)15-7-13-20(24)23(15,17(26)8-16(21)25)12-6-11-14(28-3)9-22(13,29-4)18(12)19(11)27/h11-20,25-27H,5-10H2,1-4H3/t11-,12-,13+,14?,15-,16-,17+,18-,19+,20-,21+,22+,23-/m1/s1. The molecule has 6 rings (SSSR count). The maximum atomic E-state index is 11.7. The van der Waals surface area contributed by atoms with Crippen molar-refractivity contribution in [2.24, 2.45) is 40.4 Å². The van der Waals surface area contributed by atoms with Crippen LogP contribution in [0.3, 0.4) is 0 Å². The maximum Gasteiger partial charge on any atom is 0.0802 e. The van der Waals surface area contributed by atoms with Gasteiger partial charge >= 0.3 is 0 Å². The number of hydrogen-bond acceptors (Lipinski definition) is 6. The number of hydrogen-bond donors (Lipinski definition) is 3. The molecule has 13 atom stereocenters. The minimum atomic E-state index is -0.521. The molecule has 5 saturated carbocycles. The van der Waals surface area contributed by atoms with Crippen molar-refractivity contribution in [2.75, 3.05) is 27.3 Å². The minimum absolute atomic E-state index is 0.00888. The van der Waals surface area contributed by atoms with Gasteiger partial charge in [0.15, 0.2) is 0 Å². The second-order valence-electron chi connectivity index (χ2n) is 11.3. The second-order valence-corrected chi connectivity index (χ2v) is 11.3. The number of nitrogens with zero attached hydrogens (tertiary/aromatic N) is 1. The van der Waals surface area contributed by atoms with Crippen LogP contribution in [0.25, 0.3) is 0 Å². The Morgan fingerprint density at radius 2 is 1.79 bits per heavy atom. The van der Waals surface area contributed by atoms with Gasteiger partial charge in [-0.05, 0) is 31.2 Å². The van der Waals surface area contributed by atoms with Crippen LogP contribution in [-0.2, 0) is 9.47 Å². The van der Waals surface area contributed by atoms with Gasteiger partial charge in [-0.25, -0.2) is 0 Å². The molecule has 1 saturated heterocycles. The van der Waals surface area contributed by atoms with Crippen molar-refractivity contribution in [3.8, 4) is 0 Å². The van der Waals surface area contributed by atoms with E-state index in [1.807, 2.05) is 7.11 Å². The summed E-state index contributed by atoms with van der Waals surface area (Å²) in [7, 11) is 3.59. The van der Waals surface area contributed by atoms with E-state index >= 15 is 0 Å². The average Bonchev–Trinajstić information content (AvgIpc) is 3.12. The second kappa shape index (κ2) is 5.76. The maximum absolute atomic E-state index is 11.7. The number of rotatable bonds is 3. The molecular weight excluding hydrogens is 370 g/mol. The molecule has 0 aromatic carbocycles. The lowest BCUT2D eigenvalue weighted by atomic mass is 9.43. The fourth-order valence-electron chi connectivity index (χ4n) is 10.4. The zero-order valence-corrected chi connectivity index (χ0v) is 18.1. The van der Waals surface area contributed by atoms with Gasteiger partial charge in [0.2, 0.25) is 0 Å². The first-order valence-electron chi connectivity index (χ1n) is 11.7. The highest BCUT2D eigenvalue weighted by Gasteiger charge is 2.84. The van der Waals surface area contributed by atoms with Crippen molar-refractivity contribution in [3.63, 3.8) is 0 Å². The number of likely N-dealkylation sites (tertiary alicyclic amines) is 1. The summed E-state index contributed by atoms with van der Waals surface area (Å²) in [6, 6.07) is 0.260. The van der Waals surface area contributed by atoms with Crippen molar-refractivity contribution in [3.05, 3.63) is 0 Å². The van der Waals surface area contributed by atoms with E-state index in [0.29, 0.717) is 6.42 Å². The SMILES string of the molecule is CCN1C[C@]2(C)[C@H](O)C[C@H](O)[C@@]34[C@@H]5C[C@@H]6C(OC)C[C@@](OC)([C@H]5[C@H]6O)[C@@H](C[C@H]23)[C@@H]14. The first-order valence-corrected chi connectivity index (χ1v) is 11.7. The van der Waals surface area contributed by atoms with Crippen LogP contribution in [-0.4, -0.2) is 83.6 Å². The Balaban J connectivity index is 1.61. The molecule has 0 amide bonds. The van der Waals surface area contributed by atoms with Crippen LogP contribution in [0, 0.1) is 40.4 Å². The van der Waals surface area contributed by atoms with Crippen LogP contribution in [0.15, 0.2) is 0 Å². The van der Waals surface area contributed by atoms with Crippen LogP contribution in [0.2, 0.25) is 0 Å². The Kier molecular flexibility index (Phi) is 3.86. The number of methoxy groups -OCH3 is 2. The summed E-state index contributed by atoms with van der Waals surface area (Å²) < 4.78 is 12.4. The summed E-state index contributed by atoms with van der Waals surface area (Å²) in [5.41, 5.74) is -0.871. The van der Waals surface area contributed by atoms with Gasteiger partial charge in [-0.2, -0.15) is 0 Å². The van der Waals surface area contributed by atoms with Crippen LogP contribution < -0.4 is 0 Å². The molecule has 1 aliphatic heterocycles. The van der Waals surface area contributed by atoms with Gasteiger partial charge in [-0.3, -0.25) is 4.90 Å². The third kappa shape index (κ3) is 1.81. The number of aliphatic hydroxyl groups is 3. The van der Waals surface area contributed by atoms with Gasteiger partial charge in [0.25, 0.3) is 0 Å². The molecule has 1 spiro atoms. The lowest BCUT2D eigenvalue weighted by molar-refractivity contribution is -0.287. The third-order valence-corrected chi connectivity index (χ3v) is 11.2. The molecule has 0 aromatic heterocycles. The molecule has 1 unspecified atom stereocenters. The van der Waals surface area contributed by atoms with Crippen LogP contribution in [0.5, 0.6) is 0 Å². The first kappa shape index (κ1) is 19.4. The fraction of sp³-hybridized carbons (Fsp3) is 1.00. The molecule has 6 aliphatic rings. The van der Waals surface area contributed by atoms with E-state index in [4.69, 9.17) is 9.47 Å². The summed E-state index contributed by atoms with van der Waals surface area (Å²) in [4.78, 5) is 2.55. The molecule has 29 heavy (non-hydrogen) atoms. The van der Waals surface area contributed by atoms with E-state index in [1.165, 1.54) is 0 Å². The molecule has 6 nitrogen and oxygen atoms in total. The van der Waals surface area contributed by atoms with Crippen molar-refractivity contribution in [1.29, 1.82) is 0 Å². The van der Waals surface area contributed by atoms with E-state index in [0.717, 1.165) is 32.4 Å². The highest BCUT2D eigenvalue weighted by Crippen LogP contribution is 2.79. The molecule has 6 heteroatoms. The van der Waals surface area contributed by atoms with E-state index in [1.54, 1.807) is 7.11 Å². The van der Waals surface area contributed by atoms with Gasteiger partial charge in [-0.1, -0.05) is 13.8 Å². The Morgan fingerprint density at radius 3 is 2.45 bits per heavy atom. The predicted molar refractivity (Wildman–Crippen MR) is 106 cm³/mol. The number of fused-ring (bicyclic) bond motifs is 2. The molecule has 6 fully saturated rings. The van der Waals surface area contributed by atoms with Gasteiger partial charge in [0.1, 0.15) is 0 Å². The van der Waals surface area contributed by atoms with Crippen LogP contribution in [0.4, 0.5) is 0 Å². The third-order valence-electron chi connectivity index (χ3n) is 11.2. The fourth-order valence-corrected chi connectivity index (χ4v) is 10.4. The Morgan fingerprint density at radius 1 is 1.03 bits per heavy atom. The average molecular weight is 408 g/mol. The molecule has 0 aromatic rings. The largest absolute Gasteiger partial charge is 0.392 e. The smallest absolute Gasteiger partial charge is 0.0802 e. The summed E-state index contributed by atoms with van der Waals surface area (Å²) >= 11 is 0. The van der Waals surface area contributed by atoms with Crippen LogP contribution >= 0.6 is 0 Å². The molecule has 164 valence electrons. The highest BCUT2D eigenvalue weighted by molar-refractivity contribution is 5.33. The van der Waals surface area contributed by atoms with Crippen molar-refractivity contribution in [2.45, 2.75) is 75.6 Å². The lowest BCUT2D eigenvalue weighted by Crippen LogP contribution is -2.77. The highest BCUT2D eigenvalue weighted by atomic mass is 16.5. The van der Waals surface area contributed by atoms with E-state index in [9.17, 15) is 15.3 Å². The van der Waals surface area contributed by atoms with Crippen molar-refractivity contribution >= 4 is 0 Å². The summed E-state index contributed by atoms with van der Waals surface area (Å²) in [6.45, 7) is 6.27.